The molecule has 0 saturated heterocycles. The van der Waals surface area contributed by atoms with Crippen molar-refractivity contribution < 1.29 is 9.53 Å². The molecule has 5 rings (SSSR count). The average Bonchev–Trinajstić information content (AvgIpc) is 2.74. The molecule has 0 aromatic carbocycles. The Labute approximate surface area is 209 Å². The zero-order valence-electron chi connectivity index (χ0n) is 23.4. The van der Waals surface area contributed by atoms with Gasteiger partial charge < -0.3 is 4.74 Å². The Kier molecular flexibility index (Phi) is 5.42. The van der Waals surface area contributed by atoms with Gasteiger partial charge in [-0.15, -0.1) is 0 Å². The molecule has 190 valence electrons. The Morgan fingerprint density at radius 1 is 0.971 bits per heavy atom. The minimum absolute atomic E-state index is 0.0334. The quantitative estimate of drug-likeness (QED) is 0.286. The summed E-state index contributed by atoms with van der Waals surface area (Å²) in [5.41, 5.74) is 4.71. The van der Waals surface area contributed by atoms with Crippen LogP contribution in [0.15, 0.2) is 23.8 Å². The van der Waals surface area contributed by atoms with Gasteiger partial charge in [-0.2, -0.15) is 0 Å². The Balaban J connectivity index is 1.55. The lowest BCUT2D eigenvalue weighted by molar-refractivity contribution is -0.211. The van der Waals surface area contributed by atoms with Crippen LogP contribution in [-0.2, 0) is 9.53 Å². The SMILES string of the molecule is C=C1CC[C@]2(C)CC[C@]3(C)C(=CC[C@@H]4[C@@]5(C)CC[C@@H](OC(C)=O)C(C)(C)[C@@H]5CC[C@]43C)[C@H]2[C@@H]1C. The fourth-order valence-electron chi connectivity index (χ4n) is 11.0. The van der Waals surface area contributed by atoms with Crippen LogP contribution < -0.4 is 0 Å². The van der Waals surface area contributed by atoms with E-state index < -0.39 is 0 Å². The van der Waals surface area contributed by atoms with Gasteiger partial charge in [-0.1, -0.05) is 72.3 Å². The third-order valence-electron chi connectivity index (χ3n) is 13.2. The first kappa shape index (κ1) is 24.6. The minimum atomic E-state index is -0.117. The molecule has 0 heterocycles. The van der Waals surface area contributed by atoms with Crippen LogP contribution >= 0.6 is 0 Å². The third-order valence-corrected chi connectivity index (χ3v) is 13.2. The molecule has 0 aromatic heterocycles. The Morgan fingerprint density at radius 2 is 1.68 bits per heavy atom. The van der Waals surface area contributed by atoms with E-state index in [2.05, 4.69) is 61.1 Å². The number of hydrogen-bond acceptors (Lipinski definition) is 2. The summed E-state index contributed by atoms with van der Waals surface area (Å²) >= 11 is 0. The van der Waals surface area contributed by atoms with Gasteiger partial charge in [0.15, 0.2) is 0 Å². The lowest BCUT2D eigenvalue weighted by Gasteiger charge is -2.71. The van der Waals surface area contributed by atoms with Crippen LogP contribution in [0, 0.1) is 50.7 Å². The summed E-state index contributed by atoms with van der Waals surface area (Å²) in [5, 5.41) is 0. The van der Waals surface area contributed by atoms with E-state index in [9.17, 15) is 4.79 Å². The molecule has 4 fully saturated rings. The smallest absolute Gasteiger partial charge is 0.302 e. The molecule has 0 aromatic rings. The molecule has 0 N–H and O–H groups in total. The molecule has 4 saturated carbocycles. The summed E-state index contributed by atoms with van der Waals surface area (Å²) in [5.74, 6) is 2.48. The third kappa shape index (κ3) is 3.02. The molecule has 0 unspecified atom stereocenters. The Morgan fingerprint density at radius 3 is 2.35 bits per heavy atom. The van der Waals surface area contributed by atoms with E-state index in [0.717, 1.165) is 6.42 Å². The van der Waals surface area contributed by atoms with E-state index in [1.807, 2.05) is 5.57 Å². The number of esters is 1. The summed E-state index contributed by atoms with van der Waals surface area (Å²) in [7, 11) is 0. The molecule has 0 aliphatic heterocycles. The maximum absolute atomic E-state index is 11.9. The van der Waals surface area contributed by atoms with E-state index in [0.29, 0.717) is 39.9 Å². The second kappa shape index (κ2) is 7.48. The van der Waals surface area contributed by atoms with E-state index in [1.165, 1.54) is 56.9 Å². The monoisotopic (exact) mass is 466 g/mol. The fraction of sp³-hybridized carbons (Fsp3) is 0.844. The summed E-state index contributed by atoms with van der Waals surface area (Å²) in [6.07, 6.45) is 14.1. The van der Waals surface area contributed by atoms with Crippen molar-refractivity contribution in [3.63, 3.8) is 0 Å². The van der Waals surface area contributed by atoms with Gasteiger partial charge in [-0.3, -0.25) is 4.79 Å². The van der Waals surface area contributed by atoms with Gasteiger partial charge in [0.25, 0.3) is 0 Å². The Hall–Kier alpha value is -1.05. The predicted molar refractivity (Wildman–Crippen MR) is 140 cm³/mol. The first-order valence-electron chi connectivity index (χ1n) is 14.3. The van der Waals surface area contributed by atoms with E-state index >= 15 is 0 Å². The Bertz CT molecular complexity index is 927. The van der Waals surface area contributed by atoms with Crippen LogP contribution in [0.4, 0.5) is 0 Å². The molecule has 2 nitrogen and oxygen atoms in total. The number of carbonyl (C=O) groups is 1. The van der Waals surface area contributed by atoms with Crippen molar-refractivity contribution in [3.8, 4) is 0 Å². The van der Waals surface area contributed by atoms with Crippen molar-refractivity contribution in [3.05, 3.63) is 23.8 Å². The van der Waals surface area contributed by atoms with Gasteiger partial charge >= 0.3 is 5.97 Å². The first-order valence-corrected chi connectivity index (χ1v) is 14.3. The second-order valence-electron chi connectivity index (χ2n) is 14.8. The minimum Gasteiger partial charge on any atom is -0.462 e. The van der Waals surface area contributed by atoms with Gasteiger partial charge in [0.05, 0.1) is 0 Å². The van der Waals surface area contributed by atoms with Crippen LogP contribution in [0.25, 0.3) is 0 Å². The normalized spacial score (nSPS) is 51.8. The van der Waals surface area contributed by atoms with Gasteiger partial charge in [0.2, 0.25) is 0 Å². The van der Waals surface area contributed by atoms with Crippen LogP contribution in [0.3, 0.4) is 0 Å². The standard InChI is InChI=1S/C32H50O2/c1-20-12-15-29(6)18-19-31(8)23(27(29)21(20)2)10-11-25-30(7)16-14-26(34-22(3)33)28(4,5)24(30)13-17-32(25,31)9/h10,21,24-27H,1,11-19H2,2-9H3/t21-,24+,25-,26-,27-,29-,30+,31-,32-/m1/s1. The predicted octanol–water partition coefficient (Wildman–Crippen LogP) is 8.52. The largest absolute Gasteiger partial charge is 0.462 e. The molecule has 5 aliphatic rings. The highest BCUT2D eigenvalue weighted by Gasteiger charge is 2.68. The first-order chi connectivity index (χ1) is 15.7. The number of ether oxygens (including phenoxy) is 1. The van der Waals surface area contributed by atoms with Crippen LogP contribution in [-0.4, -0.2) is 12.1 Å². The molecule has 0 radical (unpaired) electrons. The van der Waals surface area contributed by atoms with Gasteiger partial charge in [0.1, 0.15) is 6.10 Å². The van der Waals surface area contributed by atoms with Crippen molar-refractivity contribution in [2.45, 2.75) is 119 Å². The lowest BCUT2D eigenvalue weighted by atomic mass is 9.33. The summed E-state index contributed by atoms with van der Waals surface area (Å²) in [4.78, 5) is 11.9. The van der Waals surface area contributed by atoms with E-state index in [-0.39, 0.29) is 22.9 Å². The zero-order valence-corrected chi connectivity index (χ0v) is 23.4. The molecular weight excluding hydrogens is 416 g/mol. The molecule has 5 aliphatic carbocycles. The maximum atomic E-state index is 11.9. The van der Waals surface area contributed by atoms with Gasteiger partial charge in [-0.25, -0.2) is 0 Å². The number of hydrogen-bond donors (Lipinski definition) is 0. The fourth-order valence-corrected chi connectivity index (χ4v) is 11.0. The summed E-state index contributed by atoms with van der Waals surface area (Å²) in [6.45, 7) is 23.9. The van der Waals surface area contributed by atoms with E-state index in [1.54, 1.807) is 6.92 Å². The number of allylic oxidation sites excluding steroid dienone is 3. The molecule has 9 atom stereocenters. The summed E-state index contributed by atoms with van der Waals surface area (Å²) in [6, 6.07) is 0. The van der Waals surface area contributed by atoms with Crippen molar-refractivity contribution >= 4 is 5.97 Å². The lowest BCUT2D eigenvalue weighted by Crippen LogP contribution is -2.64. The van der Waals surface area contributed by atoms with Crippen LogP contribution in [0.2, 0.25) is 0 Å². The highest BCUT2D eigenvalue weighted by molar-refractivity contribution is 5.66. The molecule has 34 heavy (non-hydrogen) atoms. The van der Waals surface area contributed by atoms with Crippen molar-refractivity contribution in [1.82, 2.24) is 0 Å². The molecule has 0 spiro atoms. The highest BCUT2D eigenvalue weighted by atomic mass is 16.5. The highest BCUT2D eigenvalue weighted by Crippen LogP contribution is 2.75. The summed E-state index contributed by atoms with van der Waals surface area (Å²) < 4.78 is 5.90. The van der Waals surface area contributed by atoms with Crippen molar-refractivity contribution in [1.29, 1.82) is 0 Å². The van der Waals surface area contributed by atoms with Crippen LogP contribution in [0.1, 0.15) is 113 Å². The van der Waals surface area contributed by atoms with Gasteiger partial charge in [-0.05, 0) is 103 Å². The second-order valence-corrected chi connectivity index (χ2v) is 14.8. The molecule has 0 bridgehead atoms. The van der Waals surface area contributed by atoms with Crippen LogP contribution in [0.5, 0.6) is 0 Å². The van der Waals surface area contributed by atoms with Crippen molar-refractivity contribution in [2.24, 2.45) is 50.7 Å². The molecule has 2 heteroatoms. The number of rotatable bonds is 1. The van der Waals surface area contributed by atoms with E-state index in [4.69, 9.17) is 4.74 Å². The maximum Gasteiger partial charge on any atom is 0.302 e. The molecule has 0 amide bonds. The zero-order chi connectivity index (χ0) is 24.9. The molecular formula is C32H50O2. The number of fused-ring (bicyclic) bond motifs is 7. The topological polar surface area (TPSA) is 26.3 Å². The van der Waals surface area contributed by atoms with Gasteiger partial charge in [0, 0.05) is 12.3 Å². The van der Waals surface area contributed by atoms with Crippen molar-refractivity contribution in [2.75, 3.05) is 0 Å². The average molecular weight is 467 g/mol. The number of carbonyl (C=O) groups excluding carboxylic acids is 1.